The third kappa shape index (κ3) is 2.86. The van der Waals surface area contributed by atoms with Crippen molar-refractivity contribution in [2.75, 3.05) is 18.1 Å². The fraction of sp³-hybridized carbons (Fsp3) is 0.222. The predicted molar refractivity (Wildman–Crippen MR) is 129 cm³/mol. The Labute approximate surface area is 205 Å². The van der Waals surface area contributed by atoms with Gasteiger partial charge >= 0.3 is 0 Å². The monoisotopic (exact) mass is 484 g/mol. The summed E-state index contributed by atoms with van der Waals surface area (Å²) in [4.78, 5) is 45.4. The molecule has 2 aromatic carbocycles. The summed E-state index contributed by atoms with van der Waals surface area (Å²) in [5.74, 6) is -1.15. The number of carbonyl (C=O) groups is 3. The maximum Gasteiger partial charge on any atom is 0.240 e. The van der Waals surface area contributed by atoms with Crippen LogP contribution < -0.4 is 14.4 Å². The lowest BCUT2D eigenvalue weighted by molar-refractivity contribution is -0.123. The standard InChI is InChI=1S/C27H20N2O5S/c30-25(20-6-3-13-35-20)24-22-21(23-17-5-2-1-4-15(17)9-10-28(23)24)26(31)29(27(22)32)16-7-8-18-19(14-16)34-12-11-33-18/h1-10,13-14,21-24H,11-12H2/t21-,22-,23+,24+/m0/s1. The number of anilines is 1. The van der Waals surface area contributed by atoms with E-state index in [1.54, 1.807) is 24.3 Å². The topological polar surface area (TPSA) is 76.1 Å². The molecule has 0 radical (unpaired) electrons. The van der Waals surface area contributed by atoms with Crippen LogP contribution in [0.4, 0.5) is 5.69 Å². The lowest BCUT2D eigenvalue weighted by atomic mass is 9.84. The van der Waals surface area contributed by atoms with E-state index in [2.05, 4.69) is 0 Å². The van der Waals surface area contributed by atoms with Gasteiger partial charge in [0, 0.05) is 12.3 Å². The van der Waals surface area contributed by atoms with Crippen LogP contribution in [-0.4, -0.2) is 41.8 Å². The molecule has 2 fully saturated rings. The summed E-state index contributed by atoms with van der Waals surface area (Å²) in [5.41, 5.74) is 2.39. The van der Waals surface area contributed by atoms with Crippen molar-refractivity contribution in [3.8, 4) is 11.5 Å². The molecule has 0 spiro atoms. The van der Waals surface area contributed by atoms with Gasteiger partial charge in [0.25, 0.3) is 0 Å². The van der Waals surface area contributed by atoms with Crippen molar-refractivity contribution in [3.05, 3.63) is 82.2 Å². The van der Waals surface area contributed by atoms with E-state index in [4.69, 9.17) is 9.47 Å². The number of ketones is 1. The molecule has 174 valence electrons. The first-order chi connectivity index (χ1) is 17.1. The van der Waals surface area contributed by atoms with Gasteiger partial charge in [0.2, 0.25) is 11.8 Å². The molecule has 0 saturated carbocycles. The fourth-order valence-corrected chi connectivity index (χ4v) is 6.55. The molecule has 0 N–H and O–H groups in total. The first kappa shape index (κ1) is 20.5. The number of fused-ring (bicyclic) bond motifs is 6. The molecule has 0 bridgehead atoms. The number of imide groups is 1. The average Bonchev–Trinajstić information content (AvgIpc) is 3.60. The molecule has 4 atom stereocenters. The van der Waals surface area contributed by atoms with Crippen LogP contribution in [0.2, 0.25) is 0 Å². The Morgan fingerprint density at radius 1 is 0.914 bits per heavy atom. The molecular formula is C27H20N2O5S. The smallest absolute Gasteiger partial charge is 0.240 e. The molecule has 4 aliphatic rings. The number of rotatable bonds is 3. The van der Waals surface area contributed by atoms with Gasteiger partial charge in [0.15, 0.2) is 17.3 Å². The number of amides is 2. The number of hydrogen-bond acceptors (Lipinski definition) is 7. The van der Waals surface area contributed by atoms with Crippen molar-refractivity contribution < 1.29 is 23.9 Å². The zero-order chi connectivity index (χ0) is 23.7. The van der Waals surface area contributed by atoms with Crippen LogP contribution in [0.3, 0.4) is 0 Å². The molecule has 7 nitrogen and oxygen atoms in total. The van der Waals surface area contributed by atoms with E-state index >= 15 is 0 Å². The number of carbonyl (C=O) groups excluding carboxylic acids is 3. The third-order valence-electron chi connectivity index (χ3n) is 7.28. The SMILES string of the molecule is O=C(c1cccs1)[C@H]1[C@H]2C(=O)N(c3ccc4c(c3)OCCO4)C(=O)[C@@H]2[C@H]2c3ccccc3C=CN21. The van der Waals surface area contributed by atoms with Gasteiger partial charge in [-0.2, -0.15) is 0 Å². The Morgan fingerprint density at radius 2 is 1.71 bits per heavy atom. The Balaban J connectivity index is 1.35. The van der Waals surface area contributed by atoms with Crippen LogP contribution in [0, 0.1) is 11.8 Å². The molecule has 5 heterocycles. The zero-order valence-corrected chi connectivity index (χ0v) is 19.3. The van der Waals surface area contributed by atoms with E-state index < -0.39 is 23.9 Å². The highest BCUT2D eigenvalue weighted by Gasteiger charge is 2.64. The van der Waals surface area contributed by atoms with Gasteiger partial charge in [0.1, 0.15) is 19.3 Å². The zero-order valence-electron chi connectivity index (χ0n) is 18.5. The van der Waals surface area contributed by atoms with Crippen LogP contribution in [0.15, 0.2) is 66.2 Å². The van der Waals surface area contributed by atoms with Gasteiger partial charge in [-0.25, -0.2) is 4.90 Å². The van der Waals surface area contributed by atoms with Crippen LogP contribution in [0.25, 0.3) is 6.08 Å². The van der Waals surface area contributed by atoms with Gasteiger partial charge < -0.3 is 14.4 Å². The lowest BCUT2D eigenvalue weighted by Crippen LogP contribution is -2.44. The van der Waals surface area contributed by atoms with Crippen LogP contribution in [-0.2, 0) is 9.59 Å². The summed E-state index contributed by atoms with van der Waals surface area (Å²) < 4.78 is 11.3. The number of nitrogens with zero attached hydrogens (tertiary/aromatic N) is 2. The number of Topliss-reactive ketones (excluding diaryl/α,β-unsaturated/α-hetero) is 1. The second kappa shape index (κ2) is 7.55. The molecule has 3 aromatic rings. The Morgan fingerprint density at radius 3 is 2.54 bits per heavy atom. The third-order valence-corrected chi connectivity index (χ3v) is 8.16. The molecule has 0 unspecified atom stereocenters. The van der Waals surface area contributed by atoms with Gasteiger partial charge in [-0.3, -0.25) is 14.4 Å². The van der Waals surface area contributed by atoms with E-state index in [-0.39, 0.29) is 17.6 Å². The number of benzene rings is 2. The Kier molecular flexibility index (Phi) is 4.41. The molecule has 8 heteroatoms. The molecule has 2 amide bonds. The first-order valence-corrected chi connectivity index (χ1v) is 12.4. The van der Waals surface area contributed by atoms with Crippen LogP contribution in [0.5, 0.6) is 11.5 Å². The molecule has 0 aliphatic carbocycles. The van der Waals surface area contributed by atoms with Gasteiger partial charge in [-0.15, -0.1) is 11.3 Å². The fourth-order valence-electron chi connectivity index (χ4n) is 5.85. The first-order valence-electron chi connectivity index (χ1n) is 11.5. The molecular weight excluding hydrogens is 464 g/mol. The maximum absolute atomic E-state index is 14.0. The lowest BCUT2D eigenvalue weighted by Gasteiger charge is -2.35. The minimum Gasteiger partial charge on any atom is -0.486 e. The van der Waals surface area contributed by atoms with Crippen molar-refractivity contribution in [1.29, 1.82) is 0 Å². The molecule has 1 aromatic heterocycles. The van der Waals surface area contributed by atoms with E-state index in [1.807, 2.05) is 52.9 Å². The van der Waals surface area contributed by atoms with Gasteiger partial charge in [0.05, 0.1) is 28.4 Å². The summed E-state index contributed by atoms with van der Waals surface area (Å²) in [6, 6.07) is 15.4. The highest BCUT2D eigenvalue weighted by atomic mass is 32.1. The second-order valence-corrected chi connectivity index (χ2v) is 9.96. The Bertz CT molecular complexity index is 1410. The predicted octanol–water partition coefficient (Wildman–Crippen LogP) is 3.92. The van der Waals surface area contributed by atoms with E-state index in [9.17, 15) is 14.4 Å². The van der Waals surface area contributed by atoms with Crippen molar-refractivity contribution in [2.45, 2.75) is 12.1 Å². The Hall–Kier alpha value is -3.91. The van der Waals surface area contributed by atoms with Crippen molar-refractivity contribution >= 4 is 40.7 Å². The second-order valence-electron chi connectivity index (χ2n) is 9.01. The summed E-state index contributed by atoms with van der Waals surface area (Å²) in [6.45, 7) is 0.857. The minimum atomic E-state index is -0.786. The molecule has 4 aliphatic heterocycles. The van der Waals surface area contributed by atoms with Crippen LogP contribution in [0.1, 0.15) is 26.8 Å². The quantitative estimate of drug-likeness (QED) is 0.414. The number of thiophene rings is 1. The summed E-state index contributed by atoms with van der Waals surface area (Å²) in [7, 11) is 0. The largest absolute Gasteiger partial charge is 0.486 e. The van der Waals surface area contributed by atoms with Crippen molar-refractivity contribution in [2.24, 2.45) is 11.8 Å². The van der Waals surface area contributed by atoms with Gasteiger partial charge in [-0.1, -0.05) is 30.3 Å². The van der Waals surface area contributed by atoms with Crippen molar-refractivity contribution in [3.63, 3.8) is 0 Å². The molecule has 7 rings (SSSR count). The minimum absolute atomic E-state index is 0.133. The highest BCUT2D eigenvalue weighted by Crippen LogP contribution is 2.54. The highest BCUT2D eigenvalue weighted by molar-refractivity contribution is 7.12. The normalized spacial score (nSPS) is 25.9. The number of hydrogen-bond donors (Lipinski definition) is 0. The summed E-state index contributed by atoms with van der Waals surface area (Å²) >= 11 is 1.35. The van der Waals surface area contributed by atoms with Gasteiger partial charge in [-0.05, 0) is 40.8 Å². The summed E-state index contributed by atoms with van der Waals surface area (Å²) in [5, 5.41) is 1.85. The number of ether oxygens (including phenoxy) is 2. The summed E-state index contributed by atoms with van der Waals surface area (Å²) in [6.07, 6.45) is 3.82. The maximum atomic E-state index is 14.0. The van der Waals surface area contributed by atoms with E-state index in [0.29, 0.717) is 35.3 Å². The van der Waals surface area contributed by atoms with E-state index in [0.717, 1.165) is 11.1 Å². The molecule has 35 heavy (non-hydrogen) atoms. The average molecular weight is 485 g/mol. The van der Waals surface area contributed by atoms with E-state index in [1.165, 1.54) is 16.2 Å². The van der Waals surface area contributed by atoms with Crippen molar-refractivity contribution in [1.82, 2.24) is 4.90 Å². The van der Waals surface area contributed by atoms with Crippen LogP contribution >= 0.6 is 11.3 Å². The molecule has 2 saturated heterocycles.